The lowest BCUT2D eigenvalue weighted by Gasteiger charge is -2.12. The second-order valence-corrected chi connectivity index (χ2v) is 6.87. The Morgan fingerprint density at radius 2 is 1.95 bits per heavy atom. The van der Waals surface area contributed by atoms with Gasteiger partial charge in [0.1, 0.15) is 5.82 Å². The van der Waals surface area contributed by atoms with Gasteiger partial charge in [0.15, 0.2) is 4.32 Å². The summed E-state index contributed by atoms with van der Waals surface area (Å²) in [5.41, 5.74) is 2.14. The molecule has 2 aromatic rings. The lowest BCUT2D eigenvalue weighted by molar-refractivity contribution is -0.113. The van der Waals surface area contributed by atoms with Crippen LogP contribution in [0.5, 0.6) is 0 Å². The van der Waals surface area contributed by atoms with Crippen LogP contribution in [0.15, 0.2) is 47.5 Å². The number of carbonyl (C=O) groups is 1. The van der Waals surface area contributed by atoms with E-state index in [0.29, 0.717) is 20.1 Å². The Labute approximate surface area is 143 Å². The molecule has 0 unspecified atom stereocenters. The fraction of sp³-hybridized carbons (Fsp3) is 0.0625. The summed E-state index contributed by atoms with van der Waals surface area (Å²) in [7, 11) is 0. The molecule has 1 aromatic heterocycles. The van der Waals surface area contributed by atoms with Crippen LogP contribution in [0.2, 0.25) is 5.02 Å². The predicted molar refractivity (Wildman–Crippen MR) is 96.1 cm³/mol. The molecule has 0 spiro atoms. The van der Waals surface area contributed by atoms with Gasteiger partial charge in [0.25, 0.3) is 5.91 Å². The smallest absolute Gasteiger partial charge is 0.268 e. The van der Waals surface area contributed by atoms with Crippen LogP contribution in [0.3, 0.4) is 0 Å². The topological polar surface area (TPSA) is 33.2 Å². The Bertz CT molecular complexity index is 770. The van der Waals surface area contributed by atoms with E-state index < -0.39 is 0 Å². The van der Waals surface area contributed by atoms with Gasteiger partial charge in [-0.3, -0.25) is 4.79 Å². The van der Waals surface area contributed by atoms with Gasteiger partial charge in [-0.1, -0.05) is 65.4 Å². The summed E-state index contributed by atoms with van der Waals surface area (Å²) in [4.78, 5) is 18.7. The number of hydrogen-bond donors (Lipinski definition) is 0. The fourth-order valence-corrected chi connectivity index (χ4v) is 3.37. The first-order valence-corrected chi connectivity index (χ1v) is 8.11. The number of thiocarbonyl (C=S) groups is 1. The Kier molecular flexibility index (Phi) is 4.29. The lowest BCUT2D eigenvalue weighted by Crippen LogP contribution is -2.28. The van der Waals surface area contributed by atoms with Crippen molar-refractivity contribution in [2.45, 2.75) is 6.92 Å². The quantitative estimate of drug-likeness (QED) is 0.594. The average molecular weight is 347 g/mol. The number of benzene rings is 1. The van der Waals surface area contributed by atoms with E-state index in [1.54, 1.807) is 12.1 Å². The second-order valence-electron chi connectivity index (χ2n) is 4.76. The molecule has 0 aliphatic carbocycles. The Hall–Kier alpha value is -1.69. The third-order valence-electron chi connectivity index (χ3n) is 3.11. The van der Waals surface area contributed by atoms with Gasteiger partial charge in [0.05, 0.1) is 9.93 Å². The van der Waals surface area contributed by atoms with Crippen molar-refractivity contribution < 1.29 is 4.79 Å². The first-order chi connectivity index (χ1) is 10.5. The molecule has 0 N–H and O–H groups in total. The maximum absolute atomic E-state index is 12.5. The molecule has 1 aliphatic rings. The number of aromatic nitrogens is 1. The normalized spacial score (nSPS) is 16.6. The predicted octanol–water partition coefficient (Wildman–Crippen LogP) is 4.45. The van der Waals surface area contributed by atoms with E-state index >= 15 is 0 Å². The minimum atomic E-state index is -0.162. The maximum Gasteiger partial charge on any atom is 0.271 e. The molecule has 0 saturated carbocycles. The molecule has 0 bridgehead atoms. The van der Waals surface area contributed by atoms with Crippen LogP contribution >= 0.6 is 35.6 Å². The van der Waals surface area contributed by atoms with E-state index in [4.69, 9.17) is 23.8 Å². The number of amides is 1. The highest BCUT2D eigenvalue weighted by Gasteiger charge is 2.34. The third-order valence-corrected chi connectivity index (χ3v) is 4.64. The summed E-state index contributed by atoms with van der Waals surface area (Å²) >= 11 is 12.4. The molecule has 1 fully saturated rings. The average Bonchev–Trinajstić information content (AvgIpc) is 2.77. The number of halogens is 1. The van der Waals surface area contributed by atoms with Gasteiger partial charge in [0.2, 0.25) is 0 Å². The molecule has 1 aliphatic heterocycles. The van der Waals surface area contributed by atoms with Crippen molar-refractivity contribution in [3.8, 4) is 0 Å². The third kappa shape index (κ3) is 3.06. The van der Waals surface area contributed by atoms with Gasteiger partial charge in [-0.2, -0.15) is 0 Å². The summed E-state index contributed by atoms with van der Waals surface area (Å²) in [5, 5.41) is 0.518. The highest BCUT2D eigenvalue weighted by atomic mass is 35.5. The van der Waals surface area contributed by atoms with E-state index in [-0.39, 0.29) is 5.91 Å². The maximum atomic E-state index is 12.5. The lowest BCUT2D eigenvalue weighted by atomic mass is 10.1. The molecule has 22 heavy (non-hydrogen) atoms. The molecule has 0 radical (unpaired) electrons. The second kappa shape index (κ2) is 6.20. The number of anilines is 1. The Balaban J connectivity index is 1.91. The highest BCUT2D eigenvalue weighted by Crippen LogP contribution is 2.35. The van der Waals surface area contributed by atoms with E-state index in [2.05, 4.69) is 4.98 Å². The zero-order chi connectivity index (χ0) is 15.7. The van der Waals surface area contributed by atoms with Crippen LogP contribution in [0, 0.1) is 6.92 Å². The molecule has 3 nitrogen and oxygen atoms in total. The van der Waals surface area contributed by atoms with Gasteiger partial charge in [-0.25, -0.2) is 9.88 Å². The highest BCUT2D eigenvalue weighted by molar-refractivity contribution is 8.27. The van der Waals surface area contributed by atoms with E-state index in [9.17, 15) is 4.79 Å². The van der Waals surface area contributed by atoms with Crippen molar-refractivity contribution in [2.24, 2.45) is 0 Å². The monoisotopic (exact) mass is 346 g/mol. The molecule has 0 atom stereocenters. The van der Waals surface area contributed by atoms with Crippen molar-refractivity contribution in [2.75, 3.05) is 4.90 Å². The van der Waals surface area contributed by atoms with Gasteiger partial charge in [0, 0.05) is 6.20 Å². The summed E-state index contributed by atoms with van der Waals surface area (Å²) in [6.45, 7) is 2.02. The minimum Gasteiger partial charge on any atom is -0.268 e. The molecule has 6 heteroatoms. The Morgan fingerprint density at radius 1 is 1.23 bits per heavy atom. The van der Waals surface area contributed by atoms with Gasteiger partial charge in [-0.15, -0.1) is 0 Å². The van der Waals surface area contributed by atoms with Gasteiger partial charge in [-0.05, 0) is 30.7 Å². The molecule has 1 aromatic carbocycles. The first-order valence-electron chi connectivity index (χ1n) is 6.51. The van der Waals surface area contributed by atoms with Crippen LogP contribution in [0.4, 0.5) is 5.82 Å². The van der Waals surface area contributed by atoms with Crippen molar-refractivity contribution in [3.05, 3.63) is 63.6 Å². The van der Waals surface area contributed by atoms with Crippen molar-refractivity contribution >= 4 is 57.7 Å². The number of nitrogens with zero attached hydrogens (tertiary/aromatic N) is 2. The van der Waals surface area contributed by atoms with Gasteiger partial charge < -0.3 is 0 Å². The standard InChI is InChI=1S/C16H11ClN2OS2/c1-10-2-4-11(5-3-10)8-13-15(20)19(16(21)22-13)14-7-6-12(17)9-18-14/h2-9H,1H3/b13-8-. The van der Waals surface area contributed by atoms with Crippen LogP contribution in [0.1, 0.15) is 11.1 Å². The molecule has 3 rings (SSSR count). The van der Waals surface area contributed by atoms with E-state index in [1.807, 2.05) is 37.3 Å². The summed E-state index contributed by atoms with van der Waals surface area (Å²) in [5.74, 6) is 0.324. The molecule has 1 amide bonds. The molecular weight excluding hydrogens is 336 g/mol. The zero-order valence-corrected chi connectivity index (χ0v) is 14.0. The van der Waals surface area contributed by atoms with E-state index in [1.165, 1.54) is 28.4 Å². The molecular formula is C16H11ClN2OS2. The minimum absolute atomic E-state index is 0.162. The molecule has 2 heterocycles. The van der Waals surface area contributed by atoms with Crippen LogP contribution in [0.25, 0.3) is 6.08 Å². The van der Waals surface area contributed by atoms with Crippen LogP contribution < -0.4 is 4.90 Å². The number of thioether (sulfide) groups is 1. The van der Waals surface area contributed by atoms with Gasteiger partial charge >= 0.3 is 0 Å². The SMILES string of the molecule is Cc1ccc(/C=C2\SC(=S)N(c3ccc(Cl)cn3)C2=O)cc1. The number of carbonyl (C=O) groups excluding carboxylic acids is 1. The number of pyridine rings is 1. The van der Waals surface area contributed by atoms with Crippen molar-refractivity contribution in [3.63, 3.8) is 0 Å². The van der Waals surface area contributed by atoms with Crippen molar-refractivity contribution in [1.29, 1.82) is 0 Å². The summed E-state index contributed by atoms with van der Waals surface area (Å²) < 4.78 is 0.471. The summed E-state index contributed by atoms with van der Waals surface area (Å²) in [6.07, 6.45) is 3.34. The van der Waals surface area contributed by atoms with Crippen LogP contribution in [-0.2, 0) is 4.79 Å². The largest absolute Gasteiger partial charge is 0.271 e. The Morgan fingerprint density at radius 3 is 2.59 bits per heavy atom. The number of aryl methyl sites for hydroxylation is 1. The fourth-order valence-electron chi connectivity index (χ4n) is 1.98. The first kappa shape index (κ1) is 15.2. The zero-order valence-electron chi connectivity index (χ0n) is 11.6. The van der Waals surface area contributed by atoms with E-state index in [0.717, 1.165) is 5.56 Å². The number of rotatable bonds is 2. The number of hydrogen-bond acceptors (Lipinski definition) is 4. The summed E-state index contributed by atoms with van der Waals surface area (Å²) in [6, 6.07) is 11.3. The van der Waals surface area contributed by atoms with Crippen LogP contribution in [-0.4, -0.2) is 15.2 Å². The molecule has 1 saturated heterocycles. The van der Waals surface area contributed by atoms with Crippen molar-refractivity contribution in [1.82, 2.24) is 4.98 Å². The molecule has 110 valence electrons.